The molecule has 4 rings (SSSR count). The van der Waals surface area contributed by atoms with Gasteiger partial charge in [0.25, 0.3) is 5.91 Å². The third-order valence-corrected chi connectivity index (χ3v) is 8.33. The number of carbonyl (C=O) groups excluding carboxylic acids is 2. The SMILES string of the molecule is C[C@H]1[C@@H]2[C@@H](O)[C@@H]([C@H](C)C(=O)NCc3ccccn3)CC[C@@]2(C)CC[C@@H]1NC(=O)c1ccccn1. The summed E-state index contributed by atoms with van der Waals surface area (Å²) in [7, 11) is 0. The van der Waals surface area contributed by atoms with E-state index in [1.807, 2.05) is 25.1 Å². The van der Waals surface area contributed by atoms with Gasteiger partial charge >= 0.3 is 0 Å². The lowest BCUT2D eigenvalue weighted by Crippen LogP contribution is -2.58. The molecule has 2 saturated carbocycles. The molecular formula is C27H36N4O3. The lowest BCUT2D eigenvalue weighted by molar-refractivity contribution is -0.142. The van der Waals surface area contributed by atoms with Crippen molar-refractivity contribution < 1.29 is 14.7 Å². The van der Waals surface area contributed by atoms with Crippen LogP contribution in [0.25, 0.3) is 0 Å². The molecule has 2 amide bonds. The predicted molar refractivity (Wildman–Crippen MR) is 129 cm³/mol. The maximum absolute atomic E-state index is 12.9. The summed E-state index contributed by atoms with van der Waals surface area (Å²) in [5.41, 5.74) is 1.22. The fourth-order valence-electron chi connectivity index (χ4n) is 6.27. The van der Waals surface area contributed by atoms with Crippen molar-refractivity contribution in [2.45, 2.75) is 65.1 Å². The van der Waals surface area contributed by atoms with Crippen molar-refractivity contribution in [2.75, 3.05) is 0 Å². The molecule has 2 aliphatic carbocycles. The highest BCUT2D eigenvalue weighted by Crippen LogP contribution is 2.55. The summed E-state index contributed by atoms with van der Waals surface area (Å²) in [5, 5.41) is 17.7. The highest BCUT2D eigenvalue weighted by atomic mass is 16.3. The van der Waals surface area contributed by atoms with Gasteiger partial charge < -0.3 is 15.7 Å². The molecule has 0 spiro atoms. The van der Waals surface area contributed by atoms with Gasteiger partial charge in [0.05, 0.1) is 18.3 Å². The molecular weight excluding hydrogens is 428 g/mol. The zero-order valence-corrected chi connectivity index (χ0v) is 20.3. The Morgan fingerprint density at radius 1 is 1.12 bits per heavy atom. The number of nitrogens with zero attached hydrogens (tertiary/aromatic N) is 2. The second kappa shape index (κ2) is 10.2. The summed E-state index contributed by atoms with van der Waals surface area (Å²) in [5.74, 6) is -0.548. The Bertz CT molecular complexity index is 986. The molecule has 7 heteroatoms. The first kappa shape index (κ1) is 24.3. The van der Waals surface area contributed by atoms with Crippen LogP contribution in [0.15, 0.2) is 48.8 Å². The first-order chi connectivity index (χ1) is 16.3. The molecule has 3 N–H and O–H groups in total. The molecule has 2 aromatic rings. The number of hydrogen-bond donors (Lipinski definition) is 3. The zero-order valence-electron chi connectivity index (χ0n) is 20.3. The lowest BCUT2D eigenvalue weighted by Gasteiger charge is -2.56. The van der Waals surface area contributed by atoms with E-state index >= 15 is 0 Å². The van der Waals surface area contributed by atoms with Crippen LogP contribution < -0.4 is 10.6 Å². The number of aliphatic hydroxyl groups excluding tert-OH is 1. The Hall–Kier alpha value is -2.80. The second-order valence-electron chi connectivity index (χ2n) is 10.4. The molecule has 2 aromatic heterocycles. The number of rotatable bonds is 6. The number of aliphatic hydroxyl groups is 1. The van der Waals surface area contributed by atoms with Crippen LogP contribution in [0.1, 0.15) is 62.6 Å². The standard InChI is InChI=1S/C27H36N4O3/c1-17(25(33)30-16-19-8-4-6-14-28-19)20-10-12-27(3)13-11-21(18(2)23(27)24(20)32)31-26(34)22-9-5-7-15-29-22/h4-9,14-15,17-18,20-21,23-24,32H,10-13,16H2,1-3H3,(H,30,33)(H,31,34)/t17-,18+,20+,21-,23+,24-,27-/m0/s1. The predicted octanol–water partition coefficient (Wildman–Crippen LogP) is 3.35. The summed E-state index contributed by atoms with van der Waals surface area (Å²) in [6.07, 6.45) is 6.35. The van der Waals surface area contributed by atoms with Crippen LogP contribution in [0.2, 0.25) is 0 Å². The monoisotopic (exact) mass is 464 g/mol. The van der Waals surface area contributed by atoms with Crippen molar-refractivity contribution in [3.8, 4) is 0 Å². The average Bonchev–Trinajstić information content (AvgIpc) is 2.85. The van der Waals surface area contributed by atoms with Crippen LogP contribution in [0.5, 0.6) is 0 Å². The Morgan fingerprint density at radius 2 is 1.82 bits per heavy atom. The van der Waals surface area contributed by atoms with E-state index in [2.05, 4.69) is 34.4 Å². The molecule has 182 valence electrons. The zero-order chi connectivity index (χ0) is 24.3. The Balaban J connectivity index is 1.42. The average molecular weight is 465 g/mol. The summed E-state index contributed by atoms with van der Waals surface area (Å²) >= 11 is 0. The number of fused-ring (bicyclic) bond motifs is 1. The summed E-state index contributed by atoms with van der Waals surface area (Å²) < 4.78 is 0. The molecule has 0 radical (unpaired) electrons. The Kier molecular flexibility index (Phi) is 7.31. The molecule has 2 aliphatic rings. The van der Waals surface area contributed by atoms with Crippen molar-refractivity contribution >= 4 is 11.8 Å². The number of hydrogen-bond acceptors (Lipinski definition) is 5. The van der Waals surface area contributed by atoms with E-state index in [4.69, 9.17) is 0 Å². The van der Waals surface area contributed by atoms with Gasteiger partial charge in [0.15, 0.2) is 0 Å². The molecule has 0 aliphatic heterocycles. The van der Waals surface area contributed by atoms with E-state index in [9.17, 15) is 14.7 Å². The fraction of sp³-hybridized carbons (Fsp3) is 0.556. The molecule has 34 heavy (non-hydrogen) atoms. The Labute approximate surface area is 201 Å². The molecule has 7 nitrogen and oxygen atoms in total. The maximum atomic E-state index is 12.9. The van der Waals surface area contributed by atoms with Gasteiger partial charge in [-0.1, -0.05) is 32.9 Å². The topological polar surface area (TPSA) is 104 Å². The normalized spacial score (nSPS) is 31.7. The van der Waals surface area contributed by atoms with E-state index in [-0.39, 0.29) is 46.9 Å². The first-order valence-corrected chi connectivity index (χ1v) is 12.4. The fourth-order valence-corrected chi connectivity index (χ4v) is 6.27. The van der Waals surface area contributed by atoms with Crippen molar-refractivity contribution in [1.29, 1.82) is 0 Å². The molecule has 0 bridgehead atoms. The number of amides is 2. The minimum atomic E-state index is -0.598. The summed E-state index contributed by atoms with van der Waals surface area (Å²) in [4.78, 5) is 34.1. The molecule has 0 saturated heterocycles. The van der Waals surface area contributed by atoms with Crippen LogP contribution in [-0.2, 0) is 11.3 Å². The highest BCUT2D eigenvalue weighted by Gasteiger charge is 2.53. The van der Waals surface area contributed by atoms with Gasteiger partial charge in [-0.2, -0.15) is 0 Å². The van der Waals surface area contributed by atoms with Gasteiger partial charge in [0, 0.05) is 24.4 Å². The molecule has 0 unspecified atom stereocenters. The summed E-state index contributed by atoms with van der Waals surface area (Å²) in [6, 6.07) is 10.9. The second-order valence-corrected chi connectivity index (χ2v) is 10.4. The number of aromatic nitrogens is 2. The van der Waals surface area contributed by atoms with Gasteiger partial charge in [0.1, 0.15) is 5.69 Å². The van der Waals surface area contributed by atoms with Crippen molar-refractivity contribution in [3.05, 3.63) is 60.2 Å². The van der Waals surface area contributed by atoms with E-state index in [0.717, 1.165) is 31.4 Å². The van der Waals surface area contributed by atoms with Gasteiger partial charge in [0.2, 0.25) is 5.91 Å². The maximum Gasteiger partial charge on any atom is 0.270 e. The third kappa shape index (κ3) is 4.99. The largest absolute Gasteiger partial charge is 0.392 e. The lowest BCUT2D eigenvalue weighted by atomic mass is 9.51. The minimum Gasteiger partial charge on any atom is -0.392 e. The van der Waals surface area contributed by atoms with E-state index in [0.29, 0.717) is 12.2 Å². The van der Waals surface area contributed by atoms with Crippen LogP contribution >= 0.6 is 0 Å². The van der Waals surface area contributed by atoms with Gasteiger partial charge in [-0.05, 0) is 73.1 Å². The van der Waals surface area contributed by atoms with E-state index in [1.54, 1.807) is 30.6 Å². The van der Waals surface area contributed by atoms with Gasteiger partial charge in [-0.15, -0.1) is 0 Å². The Morgan fingerprint density at radius 3 is 2.50 bits per heavy atom. The highest BCUT2D eigenvalue weighted by molar-refractivity contribution is 5.92. The van der Waals surface area contributed by atoms with Crippen molar-refractivity contribution in [3.63, 3.8) is 0 Å². The van der Waals surface area contributed by atoms with Crippen LogP contribution in [0, 0.1) is 29.1 Å². The first-order valence-electron chi connectivity index (χ1n) is 12.4. The summed E-state index contributed by atoms with van der Waals surface area (Å²) in [6.45, 7) is 6.68. The number of nitrogens with one attached hydrogen (secondary N) is 2. The number of pyridine rings is 2. The third-order valence-electron chi connectivity index (χ3n) is 8.33. The van der Waals surface area contributed by atoms with Gasteiger partial charge in [-0.3, -0.25) is 19.6 Å². The molecule has 2 fully saturated rings. The molecule has 2 heterocycles. The minimum absolute atomic E-state index is 0.00567. The van der Waals surface area contributed by atoms with Crippen LogP contribution in [0.4, 0.5) is 0 Å². The van der Waals surface area contributed by atoms with E-state index in [1.165, 1.54) is 0 Å². The van der Waals surface area contributed by atoms with Crippen LogP contribution in [-0.4, -0.2) is 39.0 Å². The number of carbonyl (C=O) groups is 2. The molecule has 0 aromatic carbocycles. The van der Waals surface area contributed by atoms with Crippen LogP contribution in [0.3, 0.4) is 0 Å². The van der Waals surface area contributed by atoms with E-state index < -0.39 is 6.10 Å². The van der Waals surface area contributed by atoms with Crippen molar-refractivity contribution in [1.82, 2.24) is 20.6 Å². The van der Waals surface area contributed by atoms with Crippen molar-refractivity contribution in [2.24, 2.45) is 29.1 Å². The smallest absolute Gasteiger partial charge is 0.270 e. The molecule has 7 atom stereocenters. The quantitative estimate of drug-likeness (QED) is 0.608. The van der Waals surface area contributed by atoms with Gasteiger partial charge in [-0.25, -0.2) is 0 Å².